The molecule has 0 aliphatic rings. The van der Waals surface area contributed by atoms with Crippen molar-refractivity contribution in [3.8, 4) is 0 Å². The second-order valence-corrected chi connectivity index (χ2v) is 5.42. The van der Waals surface area contributed by atoms with E-state index in [1.807, 2.05) is 0 Å². The number of halogens is 1. The van der Waals surface area contributed by atoms with Gasteiger partial charge in [-0.25, -0.2) is 9.18 Å². The molecule has 1 unspecified atom stereocenters. The smallest absolute Gasteiger partial charge is 0.328 e. The molecule has 0 radical (unpaired) electrons. The van der Waals surface area contributed by atoms with Gasteiger partial charge in [-0.3, -0.25) is 19.1 Å². The van der Waals surface area contributed by atoms with Crippen molar-refractivity contribution in [2.24, 2.45) is 0 Å². The number of nitrogens with zero attached hydrogens (tertiary/aromatic N) is 1. The number of aromatic amines is 1. The first-order valence-corrected chi connectivity index (χ1v) is 7.09. The third-order valence-corrected chi connectivity index (χ3v) is 3.42. The van der Waals surface area contributed by atoms with Gasteiger partial charge in [-0.2, -0.15) is 0 Å². The summed E-state index contributed by atoms with van der Waals surface area (Å²) in [6.07, 6.45) is -0.430. The number of benzene rings is 1. The normalized spacial score (nSPS) is 12.1. The molecule has 1 aromatic carbocycles. The number of carboxylic acids is 1. The van der Waals surface area contributed by atoms with E-state index in [1.54, 1.807) is 31.2 Å². The van der Waals surface area contributed by atoms with Crippen LogP contribution in [-0.2, 0) is 17.8 Å². The van der Waals surface area contributed by atoms with Gasteiger partial charge in [-0.05, 0) is 18.1 Å². The fraction of sp³-hybridized carbons (Fsp3) is 0.312. The molecule has 1 aromatic heterocycles. The van der Waals surface area contributed by atoms with E-state index in [4.69, 9.17) is 5.11 Å². The Balaban J connectivity index is 2.08. The average molecular weight is 320 g/mol. The molecule has 2 N–H and O–H groups in total. The van der Waals surface area contributed by atoms with Gasteiger partial charge in [0.05, 0.1) is 13.0 Å². The van der Waals surface area contributed by atoms with Crippen LogP contribution in [0.3, 0.4) is 0 Å². The van der Waals surface area contributed by atoms with Crippen molar-refractivity contribution >= 4 is 5.97 Å². The summed E-state index contributed by atoms with van der Waals surface area (Å²) in [6, 6.07) is 6.89. The highest BCUT2D eigenvalue weighted by molar-refractivity contribution is 5.67. The van der Waals surface area contributed by atoms with Gasteiger partial charge in [0.1, 0.15) is 6.17 Å². The molecular formula is C16H17FN2O4. The molecule has 6 nitrogen and oxygen atoms in total. The van der Waals surface area contributed by atoms with E-state index >= 15 is 0 Å². The lowest BCUT2D eigenvalue weighted by molar-refractivity contribution is -0.138. The molecule has 122 valence electrons. The summed E-state index contributed by atoms with van der Waals surface area (Å²) in [5.41, 5.74) is 1.04. The Morgan fingerprint density at radius 1 is 1.26 bits per heavy atom. The van der Waals surface area contributed by atoms with E-state index in [9.17, 15) is 18.8 Å². The van der Waals surface area contributed by atoms with Crippen molar-refractivity contribution in [2.45, 2.75) is 32.5 Å². The van der Waals surface area contributed by atoms with Gasteiger partial charge in [0.15, 0.2) is 0 Å². The molecule has 0 amide bonds. The van der Waals surface area contributed by atoms with E-state index in [0.29, 0.717) is 11.1 Å². The molecule has 1 atom stereocenters. The summed E-state index contributed by atoms with van der Waals surface area (Å²) in [7, 11) is 0. The maximum atomic E-state index is 13.5. The van der Waals surface area contributed by atoms with Gasteiger partial charge < -0.3 is 5.11 Å². The zero-order chi connectivity index (χ0) is 17.0. The van der Waals surface area contributed by atoms with Crippen LogP contribution in [0, 0.1) is 6.92 Å². The molecule has 0 fully saturated rings. The number of carboxylic acid groups (broad SMARTS) is 1. The molecule has 2 rings (SSSR count). The van der Waals surface area contributed by atoms with Crippen molar-refractivity contribution in [2.75, 3.05) is 0 Å². The number of aryl methyl sites for hydroxylation is 1. The van der Waals surface area contributed by atoms with E-state index in [0.717, 1.165) is 5.56 Å². The second-order valence-electron chi connectivity index (χ2n) is 5.42. The maximum Gasteiger partial charge on any atom is 0.328 e. The maximum absolute atomic E-state index is 13.5. The summed E-state index contributed by atoms with van der Waals surface area (Å²) in [5, 5.41) is 8.54. The van der Waals surface area contributed by atoms with Crippen molar-refractivity contribution in [1.29, 1.82) is 0 Å². The lowest BCUT2D eigenvalue weighted by atomic mass is 10.0. The van der Waals surface area contributed by atoms with Crippen molar-refractivity contribution < 1.29 is 14.3 Å². The van der Waals surface area contributed by atoms with Crippen molar-refractivity contribution in [3.05, 3.63) is 68.0 Å². The van der Waals surface area contributed by atoms with Crippen LogP contribution >= 0.6 is 0 Å². The van der Waals surface area contributed by atoms with E-state index in [1.165, 1.54) is 10.8 Å². The van der Waals surface area contributed by atoms with Crippen LogP contribution in [0.15, 0.2) is 40.1 Å². The minimum Gasteiger partial charge on any atom is -0.481 e. The Morgan fingerprint density at radius 3 is 2.48 bits per heavy atom. The molecule has 0 saturated carbocycles. The number of carbonyl (C=O) groups is 1. The molecular weight excluding hydrogens is 303 g/mol. The van der Waals surface area contributed by atoms with Gasteiger partial charge in [0, 0.05) is 18.2 Å². The van der Waals surface area contributed by atoms with Gasteiger partial charge in [-0.1, -0.05) is 24.3 Å². The third-order valence-electron chi connectivity index (χ3n) is 3.42. The Kier molecular flexibility index (Phi) is 5.10. The quantitative estimate of drug-likeness (QED) is 0.838. The Morgan fingerprint density at radius 2 is 1.87 bits per heavy atom. The second kappa shape index (κ2) is 7.04. The number of nitrogens with one attached hydrogen (secondary N) is 1. The number of H-pyrrole nitrogens is 1. The largest absolute Gasteiger partial charge is 0.481 e. The van der Waals surface area contributed by atoms with Crippen LogP contribution in [0.4, 0.5) is 4.39 Å². The summed E-state index contributed by atoms with van der Waals surface area (Å²) < 4.78 is 14.8. The topological polar surface area (TPSA) is 92.2 Å². The highest BCUT2D eigenvalue weighted by atomic mass is 19.1. The number of aromatic nitrogens is 2. The molecule has 7 heteroatoms. The summed E-state index contributed by atoms with van der Waals surface area (Å²) in [6.45, 7) is 1.90. The predicted molar refractivity (Wildman–Crippen MR) is 82.5 cm³/mol. The van der Waals surface area contributed by atoms with Gasteiger partial charge in [-0.15, -0.1) is 0 Å². The molecule has 23 heavy (non-hydrogen) atoms. The number of hydrogen-bond donors (Lipinski definition) is 2. The lowest BCUT2D eigenvalue weighted by Crippen LogP contribution is -2.31. The molecule has 2 aromatic rings. The molecule has 0 spiro atoms. The van der Waals surface area contributed by atoms with Gasteiger partial charge in [0.25, 0.3) is 5.56 Å². The average Bonchev–Trinajstić information content (AvgIpc) is 2.46. The summed E-state index contributed by atoms with van der Waals surface area (Å²) >= 11 is 0. The molecule has 0 bridgehead atoms. The fourth-order valence-electron chi connectivity index (χ4n) is 2.23. The standard InChI is InChI=1S/C16H17FN2O4/c1-10-8-19(16(23)18-15(10)22)9-12-4-2-11(3-5-12)6-13(17)7-14(20)21/h2-5,8,13H,6-7,9H2,1H3,(H,20,21)(H,18,22,23). The Labute approximate surface area is 131 Å². The fourth-order valence-corrected chi connectivity index (χ4v) is 2.23. The predicted octanol–water partition coefficient (Wildman–Crippen LogP) is 1.25. The number of rotatable bonds is 6. The zero-order valence-electron chi connectivity index (χ0n) is 12.6. The Bertz CT molecular complexity index is 808. The molecule has 0 saturated heterocycles. The third kappa shape index (κ3) is 4.64. The zero-order valence-corrected chi connectivity index (χ0v) is 12.6. The first-order valence-electron chi connectivity index (χ1n) is 7.09. The molecule has 0 aliphatic carbocycles. The lowest BCUT2D eigenvalue weighted by Gasteiger charge is -2.09. The first kappa shape index (κ1) is 16.7. The minimum atomic E-state index is -1.43. The Hall–Kier alpha value is -2.70. The molecule has 1 heterocycles. The summed E-state index contributed by atoms with van der Waals surface area (Å²) in [4.78, 5) is 35.7. The van der Waals surface area contributed by atoms with Crippen LogP contribution in [-0.4, -0.2) is 26.8 Å². The van der Waals surface area contributed by atoms with E-state index in [2.05, 4.69) is 4.98 Å². The first-order chi connectivity index (χ1) is 10.8. The van der Waals surface area contributed by atoms with Crippen molar-refractivity contribution in [3.63, 3.8) is 0 Å². The number of aliphatic carboxylic acids is 1. The minimum absolute atomic E-state index is 0.0320. The SMILES string of the molecule is Cc1cn(Cc2ccc(CC(F)CC(=O)O)cc2)c(=O)[nH]c1=O. The van der Waals surface area contributed by atoms with Crippen molar-refractivity contribution in [1.82, 2.24) is 9.55 Å². The van der Waals surface area contributed by atoms with Crippen LogP contribution in [0.25, 0.3) is 0 Å². The van der Waals surface area contributed by atoms with Gasteiger partial charge in [0.2, 0.25) is 0 Å². The highest BCUT2D eigenvalue weighted by Gasteiger charge is 2.12. The summed E-state index contributed by atoms with van der Waals surface area (Å²) in [5.74, 6) is -1.16. The van der Waals surface area contributed by atoms with Gasteiger partial charge >= 0.3 is 11.7 Å². The van der Waals surface area contributed by atoms with Crippen LogP contribution < -0.4 is 11.2 Å². The van der Waals surface area contributed by atoms with Crippen LogP contribution in [0.2, 0.25) is 0 Å². The van der Waals surface area contributed by atoms with Crippen LogP contribution in [0.5, 0.6) is 0 Å². The number of hydrogen-bond acceptors (Lipinski definition) is 3. The monoisotopic (exact) mass is 320 g/mol. The molecule has 0 aliphatic heterocycles. The van der Waals surface area contributed by atoms with E-state index < -0.39 is 29.8 Å². The number of alkyl halides is 1. The highest BCUT2D eigenvalue weighted by Crippen LogP contribution is 2.11. The van der Waals surface area contributed by atoms with Crippen LogP contribution in [0.1, 0.15) is 23.1 Å². The van der Waals surface area contributed by atoms with E-state index in [-0.39, 0.29) is 13.0 Å².